The van der Waals surface area contributed by atoms with E-state index in [4.69, 9.17) is 5.73 Å². The van der Waals surface area contributed by atoms with Gasteiger partial charge in [0.1, 0.15) is 18.2 Å². The Morgan fingerprint density at radius 2 is 2.06 bits per heavy atom. The van der Waals surface area contributed by atoms with E-state index in [1.54, 1.807) is 0 Å². The molecule has 0 spiro atoms. The van der Waals surface area contributed by atoms with Crippen LogP contribution in [-0.4, -0.2) is 36.3 Å². The zero-order valence-electron chi connectivity index (χ0n) is 9.54. The topological polar surface area (TPSA) is 67.1 Å². The Hall–Kier alpha value is -1.73. The summed E-state index contributed by atoms with van der Waals surface area (Å²) < 4.78 is 36.6. The second-order valence-corrected chi connectivity index (χ2v) is 3.47. The number of hydrogen-bond acceptors (Lipinski definition) is 5. The number of anilines is 3. The minimum atomic E-state index is -4.28. The van der Waals surface area contributed by atoms with E-state index in [0.29, 0.717) is 12.4 Å². The highest BCUT2D eigenvalue weighted by molar-refractivity contribution is 5.52. The molecule has 96 valence electrons. The van der Waals surface area contributed by atoms with Crippen LogP contribution in [0.15, 0.2) is 6.07 Å². The highest BCUT2D eigenvalue weighted by Crippen LogP contribution is 2.21. The molecule has 8 heteroatoms. The molecule has 0 atom stereocenters. The second kappa shape index (κ2) is 5.07. The van der Waals surface area contributed by atoms with E-state index >= 15 is 0 Å². The minimum absolute atomic E-state index is 0.0625. The van der Waals surface area contributed by atoms with Crippen LogP contribution in [0.2, 0.25) is 0 Å². The standard InChI is InChI=1S/C9H14F3N5/c1-3-14-6-4-7(16-8(13)15-6)17(2)5-9(10,11)12/h4H,3,5H2,1-2H3,(H3,13,14,15,16). The molecule has 0 aliphatic rings. The number of alkyl halides is 3. The summed E-state index contributed by atoms with van der Waals surface area (Å²) in [5.41, 5.74) is 5.42. The molecule has 0 aliphatic carbocycles. The summed E-state index contributed by atoms with van der Waals surface area (Å²) in [6.07, 6.45) is -4.28. The Kier molecular flexibility index (Phi) is 3.97. The monoisotopic (exact) mass is 249 g/mol. The van der Waals surface area contributed by atoms with Crippen LogP contribution in [0.5, 0.6) is 0 Å². The molecule has 0 bridgehead atoms. The maximum atomic E-state index is 12.2. The maximum absolute atomic E-state index is 12.2. The van der Waals surface area contributed by atoms with Crippen molar-refractivity contribution in [3.05, 3.63) is 6.07 Å². The predicted molar refractivity (Wildman–Crippen MR) is 59.9 cm³/mol. The molecule has 0 aromatic carbocycles. The van der Waals surface area contributed by atoms with Gasteiger partial charge in [-0.15, -0.1) is 0 Å². The van der Waals surface area contributed by atoms with Gasteiger partial charge in [0.15, 0.2) is 0 Å². The van der Waals surface area contributed by atoms with Crippen molar-refractivity contribution in [1.29, 1.82) is 0 Å². The van der Waals surface area contributed by atoms with Gasteiger partial charge in [-0.1, -0.05) is 0 Å². The van der Waals surface area contributed by atoms with Gasteiger partial charge in [0.25, 0.3) is 0 Å². The van der Waals surface area contributed by atoms with Crippen LogP contribution in [0.4, 0.5) is 30.8 Å². The van der Waals surface area contributed by atoms with Gasteiger partial charge in [0, 0.05) is 19.7 Å². The summed E-state index contributed by atoms with van der Waals surface area (Å²) in [5.74, 6) is 0.474. The van der Waals surface area contributed by atoms with Crippen molar-refractivity contribution < 1.29 is 13.2 Å². The molecule has 0 unspecified atom stereocenters. The van der Waals surface area contributed by atoms with E-state index in [1.165, 1.54) is 13.1 Å². The van der Waals surface area contributed by atoms with Crippen LogP contribution < -0.4 is 16.0 Å². The third-order valence-corrected chi connectivity index (χ3v) is 1.90. The largest absolute Gasteiger partial charge is 0.405 e. The Balaban J connectivity index is 2.89. The maximum Gasteiger partial charge on any atom is 0.405 e. The zero-order valence-corrected chi connectivity index (χ0v) is 9.54. The summed E-state index contributed by atoms with van der Waals surface area (Å²) in [6.45, 7) is 1.35. The molecule has 0 radical (unpaired) electrons. The van der Waals surface area contributed by atoms with E-state index in [0.717, 1.165) is 4.90 Å². The first-order valence-electron chi connectivity index (χ1n) is 4.98. The van der Waals surface area contributed by atoms with Gasteiger partial charge >= 0.3 is 6.18 Å². The average Bonchev–Trinajstić information content (AvgIpc) is 2.14. The number of hydrogen-bond donors (Lipinski definition) is 2. The molecular formula is C9H14F3N5. The number of aromatic nitrogens is 2. The molecule has 5 nitrogen and oxygen atoms in total. The van der Waals surface area contributed by atoms with E-state index in [2.05, 4.69) is 15.3 Å². The highest BCUT2D eigenvalue weighted by atomic mass is 19.4. The Bertz CT molecular complexity index is 379. The molecule has 0 fully saturated rings. The molecule has 3 N–H and O–H groups in total. The molecule has 1 rings (SSSR count). The van der Waals surface area contributed by atoms with Gasteiger partial charge in [0.05, 0.1) is 0 Å². The van der Waals surface area contributed by atoms with Crippen molar-refractivity contribution in [2.45, 2.75) is 13.1 Å². The highest BCUT2D eigenvalue weighted by Gasteiger charge is 2.30. The lowest BCUT2D eigenvalue weighted by atomic mass is 10.4. The second-order valence-electron chi connectivity index (χ2n) is 3.47. The lowest BCUT2D eigenvalue weighted by Crippen LogP contribution is -2.31. The molecule has 0 saturated heterocycles. The van der Waals surface area contributed by atoms with Crippen LogP contribution in [0.25, 0.3) is 0 Å². The first-order valence-corrected chi connectivity index (χ1v) is 4.98. The van der Waals surface area contributed by atoms with Crippen LogP contribution >= 0.6 is 0 Å². The zero-order chi connectivity index (χ0) is 13.1. The van der Waals surface area contributed by atoms with Crippen molar-refractivity contribution in [2.24, 2.45) is 0 Å². The van der Waals surface area contributed by atoms with E-state index in [9.17, 15) is 13.2 Å². The van der Waals surface area contributed by atoms with Gasteiger partial charge in [-0.25, -0.2) is 0 Å². The first kappa shape index (κ1) is 13.3. The lowest BCUT2D eigenvalue weighted by Gasteiger charge is -2.20. The van der Waals surface area contributed by atoms with Gasteiger partial charge in [0.2, 0.25) is 5.95 Å². The molecule has 0 saturated carbocycles. The molecule has 1 heterocycles. The van der Waals surface area contributed by atoms with Crippen molar-refractivity contribution in [3.8, 4) is 0 Å². The Morgan fingerprint density at radius 3 is 2.59 bits per heavy atom. The smallest absolute Gasteiger partial charge is 0.370 e. The predicted octanol–water partition coefficient (Wildman–Crippen LogP) is 1.49. The summed E-state index contributed by atoms with van der Waals surface area (Å²) in [4.78, 5) is 8.57. The number of nitrogens with one attached hydrogen (secondary N) is 1. The fraction of sp³-hybridized carbons (Fsp3) is 0.556. The van der Waals surface area contributed by atoms with Crippen LogP contribution in [0.3, 0.4) is 0 Å². The number of rotatable bonds is 4. The minimum Gasteiger partial charge on any atom is -0.370 e. The molecule has 1 aromatic heterocycles. The Morgan fingerprint density at radius 1 is 1.41 bits per heavy atom. The third-order valence-electron chi connectivity index (χ3n) is 1.90. The van der Waals surface area contributed by atoms with Crippen molar-refractivity contribution in [1.82, 2.24) is 9.97 Å². The van der Waals surface area contributed by atoms with Crippen LogP contribution in [-0.2, 0) is 0 Å². The number of nitrogen functional groups attached to an aromatic ring is 1. The Labute approximate surface area is 96.8 Å². The first-order chi connectivity index (χ1) is 7.81. The molecule has 0 aliphatic heterocycles. The summed E-state index contributed by atoms with van der Waals surface area (Å²) >= 11 is 0. The molecular weight excluding hydrogens is 235 g/mol. The fourth-order valence-corrected chi connectivity index (χ4v) is 1.27. The van der Waals surface area contributed by atoms with Gasteiger partial charge in [-0.05, 0) is 6.92 Å². The number of halogens is 3. The number of nitrogens with zero attached hydrogens (tertiary/aromatic N) is 3. The van der Waals surface area contributed by atoms with Gasteiger partial charge in [-0.3, -0.25) is 0 Å². The van der Waals surface area contributed by atoms with E-state index in [1.807, 2.05) is 6.92 Å². The quantitative estimate of drug-likeness (QED) is 0.846. The fourth-order valence-electron chi connectivity index (χ4n) is 1.27. The van der Waals surface area contributed by atoms with Crippen molar-refractivity contribution >= 4 is 17.6 Å². The molecule has 0 amide bonds. The summed E-state index contributed by atoms with van der Waals surface area (Å²) in [5, 5.41) is 2.87. The van der Waals surface area contributed by atoms with Crippen LogP contribution in [0, 0.1) is 0 Å². The lowest BCUT2D eigenvalue weighted by molar-refractivity contribution is -0.119. The van der Waals surface area contributed by atoms with E-state index < -0.39 is 12.7 Å². The molecule has 17 heavy (non-hydrogen) atoms. The summed E-state index contributed by atoms with van der Waals surface area (Å²) in [6, 6.07) is 1.42. The van der Waals surface area contributed by atoms with Gasteiger partial charge < -0.3 is 16.0 Å². The van der Waals surface area contributed by atoms with Crippen molar-refractivity contribution in [3.63, 3.8) is 0 Å². The molecule has 1 aromatic rings. The normalized spacial score (nSPS) is 11.4. The summed E-state index contributed by atoms with van der Waals surface area (Å²) in [7, 11) is 1.30. The third kappa shape index (κ3) is 4.33. The van der Waals surface area contributed by atoms with Crippen molar-refractivity contribution in [2.75, 3.05) is 36.1 Å². The van der Waals surface area contributed by atoms with E-state index in [-0.39, 0.29) is 11.8 Å². The SMILES string of the molecule is CCNc1cc(N(C)CC(F)(F)F)nc(N)n1. The van der Waals surface area contributed by atoms with Gasteiger partial charge in [-0.2, -0.15) is 23.1 Å². The number of nitrogens with two attached hydrogens (primary N) is 1. The average molecular weight is 249 g/mol. The van der Waals surface area contributed by atoms with Crippen LogP contribution in [0.1, 0.15) is 6.92 Å².